The molecule has 102 valence electrons. The van der Waals surface area contributed by atoms with Gasteiger partial charge in [0.15, 0.2) is 0 Å². The van der Waals surface area contributed by atoms with Crippen molar-refractivity contribution in [2.75, 3.05) is 0 Å². The highest BCUT2D eigenvalue weighted by Gasteiger charge is 2.35. The van der Waals surface area contributed by atoms with E-state index in [1.54, 1.807) is 18.3 Å². The van der Waals surface area contributed by atoms with Gasteiger partial charge in [-0.2, -0.15) is 5.10 Å². The second-order valence-corrected chi connectivity index (χ2v) is 5.97. The number of benzene rings is 1. The number of aryl methyl sites for hydroxylation is 1. The lowest BCUT2D eigenvalue weighted by Crippen LogP contribution is -2.36. The van der Waals surface area contributed by atoms with Crippen LogP contribution in [0.25, 0.3) is 0 Å². The average Bonchev–Trinajstić information content (AvgIpc) is 2.78. The molecule has 0 aromatic heterocycles. The van der Waals surface area contributed by atoms with E-state index in [2.05, 4.69) is 5.10 Å². The van der Waals surface area contributed by atoms with Gasteiger partial charge in [-0.3, -0.25) is 4.79 Å². The fourth-order valence-corrected chi connectivity index (χ4v) is 2.13. The third-order valence-electron chi connectivity index (χ3n) is 3.19. The smallest absolute Gasteiger partial charge is 0.248 e. The van der Waals surface area contributed by atoms with Gasteiger partial charge in [-0.15, -0.1) is 0 Å². The molecule has 3 nitrogen and oxygen atoms in total. The maximum absolute atomic E-state index is 14.0. The number of hydrazone groups is 1. The van der Waals surface area contributed by atoms with Crippen molar-refractivity contribution in [2.24, 2.45) is 10.5 Å². The highest BCUT2D eigenvalue weighted by Crippen LogP contribution is 2.33. The molecule has 0 saturated heterocycles. The number of hydrogen-bond donors (Lipinski definition) is 0. The zero-order valence-electron chi connectivity index (χ0n) is 11.8. The summed E-state index contributed by atoms with van der Waals surface area (Å²) in [5, 5.41) is 5.54. The first-order valence-corrected chi connectivity index (χ1v) is 6.43. The Morgan fingerprint density at radius 3 is 2.74 bits per heavy atom. The van der Waals surface area contributed by atoms with Crippen LogP contribution in [0.5, 0.6) is 0 Å². The van der Waals surface area contributed by atoms with E-state index < -0.39 is 5.41 Å². The lowest BCUT2D eigenvalue weighted by atomic mass is 9.93. The first-order valence-electron chi connectivity index (χ1n) is 6.43. The molecule has 1 aromatic carbocycles. The quantitative estimate of drug-likeness (QED) is 0.763. The molecule has 0 saturated carbocycles. The number of amides is 1. The summed E-state index contributed by atoms with van der Waals surface area (Å²) in [6, 6.07) is 4.64. The molecule has 0 aliphatic carbocycles. The number of halogens is 1. The Hall–Kier alpha value is -1.71. The molecule has 19 heavy (non-hydrogen) atoms. The largest absolute Gasteiger partial charge is 0.272 e. The van der Waals surface area contributed by atoms with Crippen molar-refractivity contribution in [1.29, 1.82) is 0 Å². The molecule has 1 atom stereocenters. The van der Waals surface area contributed by atoms with Crippen molar-refractivity contribution < 1.29 is 9.18 Å². The molecule has 0 bridgehead atoms. The Bertz CT molecular complexity index is 531. The SMILES string of the molecule is Cc1ccc(F)c(C2CC=NN2C(=O)C(C)(C)C)c1. The maximum Gasteiger partial charge on any atom is 0.248 e. The normalized spacial score (nSPS) is 19.0. The highest BCUT2D eigenvalue weighted by atomic mass is 19.1. The van der Waals surface area contributed by atoms with Crippen LogP contribution in [0, 0.1) is 18.2 Å². The van der Waals surface area contributed by atoms with Gasteiger partial charge in [0, 0.05) is 23.6 Å². The minimum atomic E-state index is -0.528. The summed E-state index contributed by atoms with van der Waals surface area (Å²) in [4.78, 5) is 12.3. The topological polar surface area (TPSA) is 32.7 Å². The number of hydrogen-bond acceptors (Lipinski definition) is 2. The molecule has 1 heterocycles. The Labute approximate surface area is 113 Å². The first-order chi connectivity index (χ1) is 8.80. The van der Waals surface area contributed by atoms with Crippen LogP contribution in [0.3, 0.4) is 0 Å². The fraction of sp³-hybridized carbons (Fsp3) is 0.467. The van der Waals surface area contributed by atoms with E-state index >= 15 is 0 Å². The highest BCUT2D eigenvalue weighted by molar-refractivity contribution is 5.84. The van der Waals surface area contributed by atoms with Gasteiger partial charge in [-0.1, -0.05) is 38.5 Å². The molecule has 1 amide bonds. The third-order valence-corrected chi connectivity index (χ3v) is 3.19. The minimum absolute atomic E-state index is 0.0906. The predicted octanol–water partition coefficient (Wildman–Crippen LogP) is 3.44. The average molecular weight is 262 g/mol. The molecular weight excluding hydrogens is 243 g/mol. The van der Waals surface area contributed by atoms with Crippen molar-refractivity contribution in [3.8, 4) is 0 Å². The lowest BCUT2D eigenvalue weighted by Gasteiger charge is -2.28. The zero-order chi connectivity index (χ0) is 14.2. The van der Waals surface area contributed by atoms with Crippen molar-refractivity contribution in [2.45, 2.75) is 40.2 Å². The number of carbonyl (C=O) groups is 1. The standard InChI is InChI=1S/C15H19FN2O/c1-10-5-6-12(16)11(9-10)13-7-8-17-18(13)14(19)15(2,3)4/h5-6,8-9,13H,7H2,1-4H3. The first kappa shape index (κ1) is 13.7. The summed E-state index contributed by atoms with van der Waals surface area (Å²) in [5.74, 6) is -0.375. The van der Waals surface area contributed by atoms with Crippen molar-refractivity contribution in [1.82, 2.24) is 5.01 Å². The second-order valence-electron chi connectivity index (χ2n) is 5.97. The number of rotatable bonds is 1. The predicted molar refractivity (Wildman–Crippen MR) is 73.3 cm³/mol. The number of nitrogens with zero attached hydrogens (tertiary/aromatic N) is 2. The summed E-state index contributed by atoms with van der Waals surface area (Å²) >= 11 is 0. The van der Waals surface area contributed by atoms with Gasteiger partial charge in [-0.05, 0) is 13.0 Å². The molecule has 1 aliphatic heterocycles. The Morgan fingerprint density at radius 2 is 2.11 bits per heavy atom. The van der Waals surface area contributed by atoms with Gasteiger partial charge in [0.05, 0.1) is 6.04 Å². The van der Waals surface area contributed by atoms with Gasteiger partial charge >= 0.3 is 0 Å². The van der Waals surface area contributed by atoms with E-state index in [0.717, 1.165) is 5.56 Å². The molecule has 2 rings (SSSR count). The van der Waals surface area contributed by atoms with Crippen LogP contribution in [-0.2, 0) is 4.79 Å². The van der Waals surface area contributed by atoms with Crippen molar-refractivity contribution in [3.63, 3.8) is 0 Å². The Kier molecular flexibility index (Phi) is 3.43. The summed E-state index contributed by atoms with van der Waals surface area (Å²) in [6.45, 7) is 7.43. The maximum atomic E-state index is 14.0. The van der Waals surface area contributed by atoms with E-state index in [9.17, 15) is 9.18 Å². The molecule has 4 heteroatoms. The Morgan fingerprint density at radius 1 is 1.42 bits per heavy atom. The van der Waals surface area contributed by atoms with E-state index in [-0.39, 0.29) is 17.8 Å². The summed E-state index contributed by atoms with van der Waals surface area (Å²) in [6.07, 6.45) is 2.23. The lowest BCUT2D eigenvalue weighted by molar-refractivity contribution is -0.141. The van der Waals surface area contributed by atoms with Gasteiger partial charge in [-0.25, -0.2) is 9.40 Å². The summed E-state index contributed by atoms with van der Waals surface area (Å²) in [7, 11) is 0. The van der Waals surface area contributed by atoms with Crippen LogP contribution >= 0.6 is 0 Å². The van der Waals surface area contributed by atoms with Crippen molar-refractivity contribution >= 4 is 12.1 Å². The molecule has 1 unspecified atom stereocenters. The molecule has 0 N–H and O–H groups in total. The third kappa shape index (κ3) is 2.67. The molecule has 1 aromatic rings. The zero-order valence-corrected chi connectivity index (χ0v) is 11.8. The monoisotopic (exact) mass is 262 g/mol. The summed E-state index contributed by atoms with van der Waals surface area (Å²) < 4.78 is 14.0. The van der Waals surface area contributed by atoms with Gasteiger partial charge < -0.3 is 0 Å². The van der Waals surface area contributed by atoms with Crippen molar-refractivity contribution in [3.05, 3.63) is 35.1 Å². The molecule has 0 spiro atoms. The van der Waals surface area contributed by atoms with Crippen LogP contribution in [0.2, 0.25) is 0 Å². The van der Waals surface area contributed by atoms with Crippen LogP contribution < -0.4 is 0 Å². The van der Waals surface area contributed by atoms with Crippen LogP contribution in [0.4, 0.5) is 4.39 Å². The summed E-state index contributed by atoms with van der Waals surface area (Å²) in [5.41, 5.74) is 0.988. The van der Waals surface area contributed by atoms with E-state index in [4.69, 9.17) is 0 Å². The van der Waals surface area contributed by atoms with Crippen LogP contribution in [0.1, 0.15) is 44.4 Å². The van der Waals surface area contributed by atoms with E-state index in [1.165, 1.54) is 11.1 Å². The molecule has 0 radical (unpaired) electrons. The van der Waals surface area contributed by atoms with E-state index in [0.29, 0.717) is 12.0 Å². The van der Waals surface area contributed by atoms with Crippen LogP contribution in [-0.4, -0.2) is 17.1 Å². The fourth-order valence-electron chi connectivity index (χ4n) is 2.13. The van der Waals surface area contributed by atoms with Crippen LogP contribution in [0.15, 0.2) is 23.3 Å². The van der Waals surface area contributed by atoms with Gasteiger partial charge in [0.25, 0.3) is 0 Å². The molecule has 1 aliphatic rings. The van der Waals surface area contributed by atoms with E-state index in [1.807, 2.05) is 27.7 Å². The van der Waals surface area contributed by atoms with Gasteiger partial charge in [0.1, 0.15) is 5.82 Å². The number of carbonyl (C=O) groups excluding carboxylic acids is 1. The van der Waals surface area contributed by atoms with Gasteiger partial charge in [0.2, 0.25) is 5.91 Å². The second kappa shape index (κ2) is 4.76. The minimum Gasteiger partial charge on any atom is -0.272 e. The Balaban J connectivity index is 2.35. The molecular formula is C15H19FN2O. The molecule has 0 fully saturated rings.